The summed E-state index contributed by atoms with van der Waals surface area (Å²) in [6, 6.07) is 12.7. The van der Waals surface area contributed by atoms with Crippen LogP contribution in [0.15, 0.2) is 58.1 Å². The number of hydrogen-bond donors (Lipinski definition) is 1. The van der Waals surface area contributed by atoms with Gasteiger partial charge < -0.3 is 14.2 Å². The van der Waals surface area contributed by atoms with E-state index in [0.717, 1.165) is 17.7 Å². The summed E-state index contributed by atoms with van der Waals surface area (Å²) < 4.78 is 56.2. The van der Waals surface area contributed by atoms with Crippen LogP contribution in [0.4, 0.5) is 13.2 Å². The SMILES string of the molecule is CC[C@@H](C)c1ccccc1OCCOc1ccc(/C=C2/C(=N)N3N=C(C(F)(F)F)SC3=NC2=O)cc1OC. The van der Waals surface area contributed by atoms with E-state index in [9.17, 15) is 18.0 Å². The second-order valence-corrected chi connectivity index (χ2v) is 9.33. The Morgan fingerprint density at radius 1 is 1.11 bits per heavy atom. The van der Waals surface area contributed by atoms with Crippen LogP contribution in [0.3, 0.4) is 0 Å². The molecule has 2 aliphatic heterocycles. The zero-order chi connectivity index (χ0) is 27.4. The summed E-state index contributed by atoms with van der Waals surface area (Å²) in [5.41, 5.74) is 1.40. The molecule has 2 heterocycles. The lowest BCUT2D eigenvalue weighted by atomic mass is 9.98. The van der Waals surface area contributed by atoms with Gasteiger partial charge in [-0.25, -0.2) is 0 Å². The van der Waals surface area contributed by atoms with Gasteiger partial charge in [0.15, 0.2) is 17.3 Å². The minimum atomic E-state index is -4.71. The monoisotopic (exact) mass is 546 g/mol. The van der Waals surface area contributed by atoms with Crippen molar-refractivity contribution in [3.8, 4) is 17.2 Å². The molecule has 12 heteroatoms. The molecule has 2 aromatic carbocycles. The summed E-state index contributed by atoms with van der Waals surface area (Å²) in [7, 11) is 1.46. The van der Waals surface area contributed by atoms with Crippen LogP contribution >= 0.6 is 11.8 Å². The minimum Gasteiger partial charge on any atom is -0.493 e. The van der Waals surface area contributed by atoms with Gasteiger partial charge in [0.1, 0.15) is 19.0 Å². The van der Waals surface area contributed by atoms with E-state index >= 15 is 0 Å². The Morgan fingerprint density at radius 3 is 2.50 bits per heavy atom. The Labute approximate surface area is 221 Å². The Morgan fingerprint density at radius 2 is 1.82 bits per heavy atom. The maximum absolute atomic E-state index is 13.0. The molecule has 0 saturated heterocycles. The van der Waals surface area contributed by atoms with Gasteiger partial charge in [0.05, 0.1) is 12.7 Å². The van der Waals surface area contributed by atoms with Crippen LogP contribution in [0.1, 0.15) is 37.3 Å². The zero-order valence-corrected chi connectivity index (χ0v) is 21.7. The number of methoxy groups -OCH3 is 1. The summed E-state index contributed by atoms with van der Waals surface area (Å²) in [5.74, 6) is 0.656. The summed E-state index contributed by atoms with van der Waals surface area (Å²) in [4.78, 5) is 16.1. The molecule has 1 N–H and O–H groups in total. The Bertz CT molecular complexity index is 1340. The highest BCUT2D eigenvalue weighted by Gasteiger charge is 2.46. The molecule has 0 radical (unpaired) electrons. The third kappa shape index (κ3) is 5.85. The molecule has 0 aromatic heterocycles. The van der Waals surface area contributed by atoms with E-state index in [1.165, 1.54) is 13.2 Å². The zero-order valence-electron chi connectivity index (χ0n) is 20.8. The van der Waals surface area contributed by atoms with Gasteiger partial charge in [-0.2, -0.15) is 28.3 Å². The number of carbonyl (C=O) groups is 1. The van der Waals surface area contributed by atoms with Crippen LogP contribution < -0.4 is 14.2 Å². The Hall–Kier alpha value is -3.80. The summed E-state index contributed by atoms with van der Waals surface area (Å²) in [5, 5.41) is 10.8. The van der Waals surface area contributed by atoms with Crippen molar-refractivity contribution in [2.75, 3.05) is 20.3 Å². The molecule has 200 valence electrons. The van der Waals surface area contributed by atoms with Crippen molar-refractivity contribution in [3.05, 3.63) is 59.2 Å². The highest BCUT2D eigenvalue weighted by molar-refractivity contribution is 8.27. The van der Waals surface area contributed by atoms with Crippen molar-refractivity contribution in [2.24, 2.45) is 10.1 Å². The van der Waals surface area contributed by atoms with Crippen molar-refractivity contribution in [2.45, 2.75) is 32.4 Å². The van der Waals surface area contributed by atoms with E-state index in [0.29, 0.717) is 34.6 Å². The number of aliphatic imine (C=N–C) groups is 1. The van der Waals surface area contributed by atoms with Gasteiger partial charge in [-0.1, -0.05) is 38.1 Å². The fourth-order valence-corrected chi connectivity index (χ4v) is 4.47. The molecule has 0 unspecified atom stereocenters. The quantitative estimate of drug-likeness (QED) is 0.313. The molecule has 0 saturated carbocycles. The molecule has 0 bridgehead atoms. The maximum atomic E-state index is 13.0. The number of hydrogen-bond acceptors (Lipinski definition) is 7. The average Bonchev–Trinajstić information content (AvgIpc) is 3.34. The smallest absolute Gasteiger partial charge is 0.441 e. The molecule has 4 rings (SSSR count). The van der Waals surface area contributed by atoms with Gasteiger partial charge in [0.2, 0.25) is 10.2 Å². The molecular formula is C26H25F3N4O4S. The van der Waals surface area contributed by atoms with E-state index in [-0.39, 0.29) is 29.1 Å². The third-order valence-corrected chi connectivity index (χ3v) is 6.81. The normalized spacial score (nSPS) is 17.2. The van der Waals surface area contributed by atoms with Crippen LogP contribution in [0.5, 0.6) is 17.2 Å². The first-order chi connectivity index (χ1) is 18.1. The standard InChI is InChI=1S/C26H25F3N4O4S/c1-4-15(2)17-7-5-6-8-19(17)36-11-12-37-20-10-9-16(14-21(20)35-3)13-18-22(30)33-25(31-23(18)34)38-24(32-33)26(27,28)29/h5-10,13-15,30H,4,11-12H2,1-3H3/b18-13-,30-22?/t15-/m1/s1. The number of carbonyl (C=O) groups excluding carboxylic acids is 1. The molecule has 0 fully saturated rings. The molecule has 2 aliphatic rings. The number of fused-ring (bicyclic) bond motifs is 1. The van der Waals surface area contributed by atoms with Gasteiger partial charge in [0, 0.05) is 0 Å². The lowest BCUT2D eigenvalue weighted by Crippen LogP contribution is -2.35. The van der Waals surface area contributed by atoms with Gasteiger partial charge in [-0.15, -0.1) is 0 Å². The molecule has 1 amide bonds. The third-order valence-electron chi connectivity index (χ3n) is 5.86. The summed E-state index contributed by atoms with van der Waals surface area (Å²) >= 11 is 0.202. The van der Waals surface area contributed by atoms with E-state index in [2.05, 4.69) is 23.9 Å². The van der Waals surface area contributed by atoms with Crippen molar-refractivity contribution in [1.82, 2.24) is 5.01 Å². The predicted octanol–water partition coefficient (Wildman–Crippen LogP) is 5.85. The fourth-order valence-electron chi connectivity index (χ4n) is 3.71. The molecule has 2 aromatic rings. The van der Waals surface area contributed by atoms with Crippen molar-refractivity contribution in [1.29, 1.82) is 5.41 Å². The number of amides is 1. The van der Waals surface area contributed by atoms with E-state index < -0.39 is 23.0 Å². The topological polar surface area (TPSA) is 96.6 Å². The van der Waals surface area contributed by atoms with Gasteiger partial charge >= 0.3 is 6.18 Å². The number of halogens is 3. The van der Waals surface area contributed by atoms with Crippen LogP contribution in [0.2, 0.25) is 0 Å². The number of benzene rings is 2. The number of alkyl halides is 3. The molecule has 0 aliphatic carbocycles. The first kappa shape index (κ1) is 27.2. The van der Waals surface area contributed by atoms with Gasteiger partial charge in [0.25, 0.3) is 5.91 Å². The van der Waals surface area contributed by atoms with E-state index in [1.807, 2.05) is 24.3 Å². The number of thioether (sulfide) groups is 1. The first-order valence-electron chi connectivity index (χ1n) is 11.7. The highest BCUT2D eigenvalue weighted by Crippen LogP contribution is 2.36. The number of hydrazone groups is 1. The Balaban J connectivity index is 1.44. The highest BCUT2D eigenvalue weighted by atomic mass is 32.2. The number of ether oxygens (including phenoxy) is 3. The van der Waals surface area contributed by atoms with Crippen LogP contribution in [0, 0.1) is 5.41 Å². The number of rotatable bonds is 9. The van der Waals surface area contributed by atoms with Crippen molar-refractivity contribution < 1.29 is 32.2 Å². The van der Waals surface area contributed by atoms with Crippen molar-refractivity contribution in [3.63, 3.8) is 0 Å². The lowest BCUT2D eigenvalue weighted by Gasteiger charge is -2.20. The summed E-state index contributed by atoms with van der Waals surface area (Å²) in [6.07, 6.45) is -2.37. The van der Waals surface area contributed by atoms with Gasteiger partial charge in [-0.05, 0) is 59.5 Å². The van der Waals surface area contributed by atoms with Crippen molar-refractivity contribution >= 4 is 39.8 Å². The largest absolute Gasteiger partial charge is 0.493 e. The number of nitrogens with one attached hydrogen (secondary N) is 1. The maximum Gasteiger partial charge on any atom is 0.441 e. The molecule has 0 spiro atoms. The van der Waals surface area contributed by atoms with Crippen LogP contribution in [0.25, 0.3) is 6.08 Å². The second kappa shape index (κ2) is 11.3. The number of nitrogens with zero attached hydrogens (tertiary/aromatic N) is 3. The number of amidine groups is 2. The number of para-hydroxylation sites is 1. The Kier molecular flexibility index (Phi) is 8.10. The molecular weight excluding hydrogens is 521 g/mol. The molecule has 38 heavy (non-hydrogen) atoms. The van der Waals surface area contributed by atoms with E-state index in [1.54, 1.807) is 18.2 Å². The molecule has 1 atom stereocenters. The fraction of sp³-hybridized carbons (Fsp3) is 0.308. The van der Waals surface area contributed by atoms with E-state index in [4.69, 9.17) is 19.6 Å². The van der Waals surface area contributed by atoms with Crippen LogP contribution in [-0.4, -0.2) is 53.5 Å². The average molecular weight is 547 g/mol. The summed E-state index contributed by atoms with van der Waals surface area (Å²) in [6.45, 7) is 4.82. The molecule has 8 nitrogen and oxygen atoms in total. The minimum absolute atomic E-state index is 0.202. The predicted molar refractivity (Wildman–Crippen MR) is 140 cm³/mol. The van der Waals surface area contributed by atoms with Crippen LogP contribution in [-0.2, 0) is 4.79 Å². The lowest BCUT2D eigenvalue weighted by molar-refractivity contribution is -0.114. The van der Waals surface area contributed by atoms with Gasteiger partial charge in [-0.3, -0.25) is 10.2 Å². The second-order valence-electron chi connectivity index (χ2n) is 8.38. The first-order valence-corrected chi connectivity index (χ1v) is 12.5.